The molecule has 120 valence electrons. The topological polar surface area (TPSA) is 55.6 Å². The first kappa shape index (κ1) is 15.2. The Morgan fingerprint density at radius 3 is 2.67 bits per heavy atom. The van der Waals surface area contributed by atoms with Crippen LogP contribution >= 0.6 is 23.2 Å². The Bertz CT molecular complexity index is 930. The van der Waals surface area contributed by atoms with Crippen LogP contribution in [0.1, 0.15) is 22.7 Å². The molecule has 3 aromatic rings. The highest BCUT2D eigenvalue weighted by molar-refractivity contribution is 6.42. The SMILES string of the molecule is Cc1ccc(C2=C[C@H](c3cccc(Cl)c3Cl)n3nnnc3N2)cc1. The zero-order valence-corrected chi connectivity index (χ0v) is 14.3. The molecule has 0 amide bonds. The van der Waals surface area contributed by atoms with Crippen LogP contribution in [0.5, 0.6) is 0 Å². The van der Waals surface area contributed by atoms with Gasteiger partial charge in [0, 0.05) is 11.3 Å². The molecular formula is C17H13Cl2N5. The number of rotatable bonds is 2. The first-order valence-corrected chi connectivity index (χ1v) is 8.17. The standard InChI is InChI=1S/C17H13Cl2N5/c1-10-5-7-11(8-6-10)14-9-15(24-17(20-14)21-22-23-24)12-3-2-4-13(18)16(12)19/h2-9,15H,1H3,(H,20,21,23)/t15-/m1/s1. The van der Waals surface area contributed by atoms with Crippen molar-refractivity contribution in [1.82, 2.24) is 20.2 Å². The summed E-state index contributed by atoms with van der Waals surface area (Å²) in [4.78, 5) is 0. The number of halogens is 2. The summed E-state index contributed by atoms with van der Waals surface area (Å²) in [6.07, 6.45) is 2.05. The van der Waals surface area contributed by atoms with Crippen molar-refractivity contribution in [3.63, 3.8) is 0 Å². The van der Waals surface area contributed by atoms with Gasteiger partial charge in [-0.3, -0.25) is 0 Å². The van der Waals surface area contributed by atoms with E-state index in [4.69, 9.17) is 23.2 Å². The number of benzene rings is 2. The third kappa shape index (κ3) is 2.56. The summed E-state index contributed by atoms with van der Waals surface area (Å²) in [5.74, 6) is 0.564. The number of aromatic nitrogens is 4. The minimum atomic E-state index is -0.237. The van der Waals surface area contributed by atoms with Crippen LogP contribution in [0.3, 0.4) is 0 Å². The minimum absolute atomic E-state index is 0.237. The summed E-state index contributed by atoms with van der Waals surface area (Å²) in [5.41, 5.74) is 4.04. The molecule has 0 aliphatic carbocycles. The van der Waals surface area contributed by atoms with E-state index >= 15 is 0 Å². The molecule has 1 aliphatic heterocycles. The van der Waals surface area contributed by atoms with E-state index in [1.54, 1.807) is 10.7 Å². The highest BCUT2D eigenvalue weighted by Crippen LogP contribution is 2.37. The lowest BCUT2D eigenvalue weighted by Gasteiger charge is -2.24. The Hall–Kier alpha value is -2.37. The van der Waals surface area contributed by atoms with E-state index in [9.17, 15) is 0 Å². The molecule has 2 aromatic carbocycles. The smallest absolute Gasteiger partial charge is 0.248 e. The molecular weight excluding hydrogens is 345 g/mol. The van der Waals surface area contributed by atoms with E-state index in [0.29, 0.717) is 16.0 Å². The quantitative estimate of drug-likeness (QED) is 0.740. The summed E-state index contributed by atoms with van der Waals surface area (Å²) in [7, 11) is 0. The van der Waals surface area contributed by atoms with Crippen molar-refractivity contribution in [2.45, 2.75) is 13.0 Å². The van der Waals surface area contributed by atoms with Gasteiger partial charge in [0.25, 0.3) is 0 Å². The van der Waals surface area contributed by atoms with Crippen LogP contribution in [0.2, 0.25) is 10.0 Å². The van der Waals surface area contributed by atoms with E-state index in [0.717, 1.165) is 16.8 Å². The molecule has 7 heteroatoms. The van der Waals surface area contributed by atoms with Gasteiger partial charge in [-0.05, 0) is 35.1 Å². The third-order valence-electron chi connectivity index (χ3n) is 3.99. The lowest BCUT2D eigenvalue weighted by molar-refractivity contribution is 0.586. The van der Waals surface area contributed by atoms with Crippen LogP contribution in [0.15, 0.2) is 48.5 Å². The van der Waals surface area contributed by atoms with E-state index in [-0.39, 0.29) is 6.04 Å². The van der Waals surface area contributed by atoms with Gasteiger partial charge in [0.2, 0.25) is 5.95 Å². The summed E-state index contributed by atoms with van der Waals surface area (Å²) in [5, 5.41) is 16.2. The second-order valence-corrected chi connectivity index (χ2v) is 6.39. The number of nitrogens with one attached hydrogen (secondary N) is 1. The molecule has 0 radical (unpaired) electrons. The highest BCUT2D eigenvalue weighted by Gasteiger charge is 2.26. The van der Waals surface area contributed by atoms with E-state index < -0.39 is 0 Å². The number of aryl methyl sites for hydroxylation is 1. The minimum Gasteiger partial charge on any atom is -0.323 e. The number of allylic oxidation sites excluding steroid dienone is 1. The molecule has 0 spiro atoms. The Labute approximate surface area is 148 Å². The van der Waals surface area contributed by atoms with E-state index in [2.05, 4.69) is 52.0 Å². The van der Waals surface area contributed by atoms with Gasteiger partial charge >= 0.3 is 0 Å². The molecule has 1 aliphatic rings. The van der Waals surface area contributed by atoms with Gasteiger partial charge in [0.15, 0.2) is 0 Å². The molecule has 24 heavy (non-hydrogen) atoms. The van der Waals surface area contributed by atoms with Gasteiger partial charge in [0.1, 0.15) is 6.04 Å². The van der Waals surface area contributed by atoms with Crippen LogP contribution < -0.4 is 5.32 Å². The lowest BCUT2D eigenvalue weighted by atomic mass is 10.0. The van der Waals surface area contributed by atoms with Gasteiger partial charge < -0.3 is 5.32 Å². The fourth-order valence-corrected chi connectivity index (χ4v) is 3.15. The first-order valence-electron chi connectivity index (χ1n) is 7.41. The predicted octanol–water partition coefficient (Wildman–Crippen LogP) is 4.34. The van der Waals surface area contributed by atoms with Crippen molar-refractivity contribution in [1.29, 1.82) is 0 Å². The maximum absolute atomic E-state index is 6.41. The molecule has 1 N–H and O–H groups in total. The molecule has 5 nitrogen and oxygen atoms in total. The van der Waals surface area contributed by atoms with Gasteiger partial charge in [0.05, 0.1) is 10.0 Å². The normalized spacial score (nSPS) is 16.3. The van der Waals surface area contributed by atoms with Crippen molar-refractivity contribution in [3.05, 3.63) is 75.3 Å². The molecule has 0 saturated carbocycles. The number of anilines is 1. The van der Waals surface area contributed by atoms with Crippen molar-refractivity contribution in [3.8, 4) is 0 Å². The van der Waals surface area contributed by atoms with Crippen LogP contribution in [0.4, 0.5) is 5.95 Å². The fourth-order valence-electron chi connectivity index (χ4n) is 2.73. The summed E-state index contributed by atoms with van der Waals surface area (Å²) >= 11 is 12.6. The molecule has 2 heterocycles. The molecule has 0 fully saturated rings. The average molecular weight is 358 g/mol. The summed E-state index contributed by atoms with van der Waals surface area (Å²) in [6, 6.07) is 13.6. The Kier molecular flexibility index (Phi) is 3.75. The zero-order valence-electron chi connectivity index (χ0n) is 12.7. The Morgan fingerprint density at radius 1 is 1.08 bits per heavy atom. The number of hydrogen-bond acceptors (Lipinski definition) is 4. The molecule has 1 atom stereocenters. The van der Waals surface area contributed by atoms with Crippen LogP contribution in [0, 0.1) is 6.92 Å². The average Bonchev–Trinajstić information content (AvgIpc) is 3.06. The van der Waals surface area contributed by atoms with Crippen LogP contribution in [-0.2, 0) is 0 Å². The number of tetrazole rings is 1. The lowest BCUT2D eigenvalue weighted by Crippen LogP contribution is -2.20. The van der Waals surface area contributed by atoms with Gasteiger partial charge in [-0.15, -0.1) is 0 Å². The molecule has 4 rings (SSSR count). The summed E-state index contributed by atoms with van der Waals surface area (Å²) < 4.78 is 1.69. The largest absolute Gasteiger partial charge is 0.323 e. The predicted molar refractivity (Wildman–Crippen MR) is 95.2 cm³/mol. The molecule has 0 unspecified atom stereocenters. The monoisotopic (exact) mass is 357 g/mol. The zero-order chi connectivity index (χ0) is 16.7. The first-order chi connectivity index (χ1) is 11.6. The van der Waals surface area contributed by atoms with Gasteiger partial charge in [-0.1, -0.05) is 70.3 Å². The molecule has 0 bridgehead atoms. The van der Waals surface area contributed by atoms with Crippen LogP contribution in [-0.4, -0.2) is 20.2 Å². The fraction of sp³-hybridized carbons (Fsp3) is 0.118. The molecule has 1 aromatic heterocycles. The third-order valence-corrected chi connectivity index (χ3v) is 4.82. The number of hydrogen-bond donors (Lipinski definition) is 1. The molecule has 0 saturated heterocycles. The number of fused-ring (bicyclic) bond motifs is 1. The van der Waals surface area contributed by atoms with Crippen molar-refractivity contribution >= 4 is 34.8 Å². The van der Waals surface area contributed by atoms with Gasteiger partial charge in [-0.25, -0.2) is 0 Å². The van der Waals surface area contributed by atoms with Crippen molar-refractivity contribution in [2.24, 2.45) is 0 Å². The van der Waals surface area contributed by atoms with Crippen molar-refractivity contribution in [2.75, 3.05) is 5.32 Å². The second-order valence-electron chi connectivity index (χ2n) is 5.61. The second kappa shape index (κ2) is 5.92. The highest BCUT2D eigenvalue weighted by atomic mass is 35.5. The van der Waals surface area contributed by atoms with E-state index in [1.165, 1.54) is 5.56 Å². The van der Waals surface area contributed by atoms with Crippen LogP contribution in [0.25, 0.3) is 5.70 Å². The maximum Gasteiger partial charge on any atom is 0.248 e. The maximum atomic E-state index is 6.41. The Balaban J connectivity index is 1.85. The summed E-state index contributed by atoms with van der Waals surface area (Å²) in [6.45, 7) is 2.06. The number of nitrogens with zero attached hydrogens (tertiary/aromatic N) is 4. The van der Waals surface area contributed by atoms with Gasteiger partial charge in [-0.2, -0.15) is 4.68 Å². The van der Waals surface area contributed by atoms with E-state index in [1.807, 2.05) is 18.2 Å². The van der Waals surface area contributed by atoms with Crippen molar-refractivity contribution < 1.29 is 0 Å². The Morgan fingerprint density at radius 2 is 1.88 bits per heavy atom.